The normalized spacial score (nSPS) is 14.9. The summed E-state index contributed by atoms with van der Waals surface area (Å²) in [4.78, 5) is 16.9. The number of nitrogens with one attached hydrogen (secondary N) is 1. The van der Waals surface area contributed by atoms with E-state index in [1.54, 1.807) is 12.1 Å². The predicted octanol–water partition coefficient (Wildman–Crippen LogP) is 3.40. The number of carbonyl (C=O) groups excluding carboxylic acids is 1. The van der Waals surface area contributed by atoms with Gasteiger partial charge in [-0.2, -0.15) is 0 Å². The zero-order chi connectivity index (χ0) is 19.8. The van der Waals surface area contributed by atoms with E-state index in [1.165, 1.54) is 23.4 Å². The molecule has 1 aliphatic heterocycles. The summed E-state index contributed by atoms with van der Waals surface area (Å²) >= 11 is 0. The molecule has 28 heavy (non-hydrogen) atoms. The van der Waals surface area contributed by atoms with Crippen LogP contribution in [0.3, 0.4) is 0 Å². The molecule has 1 amide bonds. The number of piperazine rings is 1. The van der Waals surface area contributed by atoms with Crippen molar-refractivity contribution in [1.82, 2.24) is 10.2 Å². The highest BCUT2D eigenvalue weighted by molar-refractivity contribution is 5.78. The Morgan fingerprint density at radius 2 is 1.82 bits per heavy atom. The molecule has 0 bridgehead atoms. The number of benzene rings is 2. The topological polar surface area (TPSA) is 35.6 Å². The summed E-state index contributed by atoms with van der Waals surface area (Å²) in [5, 5.41) is 2.93. The summed E-state index contributed by atoms with van der Waals surface area (Å²) in [6.07, 6.45) is 2.27. The van der Waals surface area contributed by atoms with Crippen LogP contribution in [0.5, 0.6) is 0 Å². The molecule has 4 nitrogen and oxygen atoms in total. The largest absolute Gasteiger partial charge is 0.369 e. The molecule has 2 aromatic rings. The van der Waals surface area contributed by atoms with E-state index in [9.17, 15) is 9.18 Å². The Hall–Kier alpha value is -2.40. The van der Waals surface area contributed by atoms with Crippen LogP contribution in [-0.2, 0) is 11.2 Å². The smallest absolute Gasteiger partial charge is 0.224 e. The van der Waals surface area contributed by atoms with Crippen LogP contribution in [-0.4, -0.2) is 50.1 Å². The first kappa shape index (κ1) is 20.3. The number of anilines is 1. The molecule has 0 saturated carbocycles. The monoisotopic (exact) mass is 383 g/mol. The van der Waals surface area contributed by atoms with E-state index in [-0.39, 0.29) is 18.1 Å². The fourth-order valence-electron chi connectivity index (χ4n) is 3.64. The molecule has 1 aliphatic rings. The third kappa shape index (κ3) is 6.34. The maximum absolute atomic E-state index is 13.1. The van der Waals surface area contributed by atoms with Gasteiger partial charge in [-0.3, -0.25) is 9.69 Å². The number of aryl methyl sites for hydroxylation is 1. The van der Waals surface area contributed by atoms with Gasteiger partial charge in [-0.25, -0.2) is 4.39 Å². The van der Waals surface area contributed by atoms with Crippen molar-refractivity contribution in [1.29, 1.82) is 0 Å². The lowest BCUT2D eigenvalue weighted by molar-refractivity contribution is -0.120. The van der Waals surface area contributed by atoms with Crippen LogP contribution in [0.1, 0.15) is 24.0 Å². The van der Waals surface area contributed by atoms with E-state index in [0.29, 0.717) is 12.1 Å². The first-order chi connectivity index (χ1) is 13.6. The van der Waals surface area contributed by atoms with Crippen molar-refractivity contribution in [3.8, 4) is 0 Å². The zero-order valence-electron chi connectivity index (χ0n) is 16.7. The van der Waals surface area contributed by atoms with Gasteiger partial charge in [0, 0.05) is 38.4 Å². The van der Waals surface area contributed by atoms with Crippen molar-refractivity contribution >= 4 is 11.6 Å². The first-order valence-electron chi connectivity index (χ1n) is 10.2. The van der Waals surface area contributed by atoms with Gasteiger partial charge in [0.25, 0.3) is 0 Å². The quantitative estimate of drug-likeness (QED) is 0.710. The molecular weight excluding hydrogens is 353 g/mol. The van der Waals surface area contributed by atoms with Gasteiger partial charge in [0.1, 0.15) is 5.82 Å². The Morgan fingerprint density at radius 1 is 1.04 bits per heavy atom. The Labute approximate surface area is 167 Å². The molecule has 1 heterocycles. The van der Waals surface area contributed by atoms with Crippen molar-refractivity contribution in [2.75, 3.05) is 44.2 Å². The highest BCUT2D eigenvalue weighted by Gasteiger charge is 2.16. The second-order valence-electron chi connectivity index (χ2n) is 7.53. The van der Waals surface area contributed by atoms with E-state index in [2.05, 4.69) is 46.3 Å². The van der Waals surface area contributed by atoms with Gasteiger partial charge in [0.05, 0.1) is 6.42 Å². The minimum atomic E-state index is -0.298. The van der Waals surface area contributed by atoms with Crippen LogP contribution in [0.4, 0.5) is 10.1 Å². The van der Waals surface area contributed by atoms with Crippen LogP contribution in [0.15, 0.2) is 48.5 Å². The number of hydrogen-bond donors (Lipinski definition) is 1. The van der Waals surface area contributed by atoms with Gasteiger partial charge in [0.15, 0.2) is 0 Å². The maximum atomic E-state index is 13.1. The fourth-order valence-corrected chi connectivity index (χ4v) is 3.64. The van der Waals surface area contributed by atoms with Crippen LogP contribution < -0.4 is 10.2 Å². The third-order valence-electron chi connectivity index (χ3n) is 5.22. The van der Waals surface area contributed by atoms with Gasteiger partial charge >= 0.3 is 0 Å². The molecule has 2 aromatic carbocycles. The zero-order valence-corrected chi connectivity index (χ0v) is 16.7. The molecule has 5 heteroatoms. The average Bonchev–Trinajstić information content (AvgIpc) is 2.68. The second kappa shape index (κ2) is 10.2. The third-order valence-corrected chi connectivity index (χ3v) is 5.22. The number of hydrogen-bond acceptors (Lipinski definition) is 3. The summed E-state index contributed by atoms with van der Waals surface area (Å²) in [6, 6.07) is 14.9. The molecule has 0 aromatic heterocycles. The lowest BCUT2D eigenvalue weighted by Crippen LogP contribution is -2.46. The van der Waals surface area contributed by atoms with Crippen molar-refractivity contribution in [2.45, 2.75) is 26.2 Å². The second-order valence-corrected chi connectivity index (χ2v) is 7.53. The number of unbranched alkanes of at least 4 members (excludes halogenated alkanes) is 1. The number of amides is 1. The van der Waals surface area contributed by atoms with Crippen LogP contribution in [0.25, 0.3) is 0 Å². The molecule has 3 rings (SSSR count). The predicted molar refractivity (Wildman–Crippen MR) is 112 cm³/mol. The van der Waals surface area contributed by atoms with E-state index >= 15 is 0 Å². The summed E-state index contributed by atoms with van der Waals surface area (Å²) in [6.45, 7) is 8.18. The van der Waals surface area contributed by atoms with Gasteiger partial charge in [-0.15, -0.1) is 0 Å². The Kier molecular flexibility index (Phi) is 7.43. The molecule has 1 N–H and O–H groups in total. The molecule has 0 atom stereocenters. The van der Waals surface area contributed by atoms with Gasteiger partial charge < -0.3 is 10.2 Å². The minimum absolute atomic E-state index is 0.0441. The lowest BCUT2D eigenvalue weighted by atomic mass is 10.1. The lowest BCUT2D eigenvalue weighted by Gasteiger charge is -2.36. The molecular formula is C23H30FN3O. The van der Waals surface area contributed by atoms with E-state index in [1.807, 2.05) is 0 Å². The molecule has 150 valence electrons. The maximum Gasteiger partial charge on any atom is 0.224 e. The minimum Gasteiger partial charge on any atom is -0.369 e. The van der Waals surface area contributed by atoms with Crippen molar-refractivity contribution in [3.63, 3.8) is 0 Å². The van der Waals surface area contributed by atoms with E-state index in [4.69, 9.17) is 0 Å². The Morgan fingerprint density at radius 3 is 2.57 bits per heavy atom. The summed E-state index contributed by atoms with van der Waals surface area (Å²) < 4.78 is 13.1. The molecule has 1 fully saturated rings. The molecule has 0 aliphatic carbocycles. The number of nitrogens with zero attached hydrogens (tertiary/aromatic N) is 2. The van der Waals surface area contributed by atoms with E-state index < -0.39 is 0 Å². The summed E-state index contributed by atoms with van der Waals surface area (Å²) in [5.74, 6) is -0.342. The van der Waals surface area contributed by atoms with E-state index in [0.717, 1.165) is 45.6 Å². The molecule has 0 radical (unpaired) electrons. The van der Waals surface area contributed by atoms with Crippen LogP contribution in [0.2, 0.25) is 0 Å². The molecule has 0 unspecified atom stereocenters. The highest BCUT2D eigenvalue weighted by atomic mass is 19.1. The Balaban J connectivity index is 1.27. The summed E-state index contributed by atoms with van der Waals surface area (Å²) in [5.41, 5.74) is 3.34. The average molecular weight is 384 g/mol. The standard InChI is InChI=1S/C23H30FN3O/c1-19-6-4-9-22(16-19)27-14-12-26(13-15-27)11-3-2-10-25-23(28)18-20-7-5-8-21(24)17-20/h4-9,16-17H,2-3,10-15,18H2,1H3,(H,25,28). The number of carbonyl (C=O) groups is 1. The molecule has 1 saturated heterocycles. The van der Waals surface area contributed by atoms with Crippen LogP contribution >= 0.6 is 0 Å². The Bertz CT molecular complexity index is 772. The fraction of sp³-hybridized carbons (Fsp3) is 0.435. The van der Waals surface area contributed by atoms with Gasteiger partial charge in [0.2, 0.25) is 5.91 Å². The van der Waals surface area contributed by atoms with Crippen molar-refractivity contribution in [3.05, 3.63) is 65.5 Å². The van der Waals surface area contributed by atoms with Crippen molar-refractivity contribution in [2.24, 2.45) is 0 Å². The summed E-state index contributed by atoms with van der Waals surface area (Å²) in [7, 11) is 0. The van der Waals surface area contributed by atoms with Crippen LogP contribution in [0, 0.1) is 12.7 Å². The number of rotatable bonds is 8. The molecule has 0 spiro atoms. The highest BCUT2D eigenvalue weighted by Crippen LogP contribution is 2.17. The van der Waals surface area contributed by atoms with Crippen molar-refractivity contribution < 1.29 is 9.18 Å². The van der Waals surface area contributed by atoms with Gasteiger partial charge in [-0.1, -0.05) is 24.3 Å². The SMILES string of the molecule is Cc1cccc(N2CCN(CCCCNC(=O)Cc3cccc(F)c3)CC2)c1. The number of halogens is 1. The van der Waals surface area contributed by atoms with Gasteiger partial charge in [-0.05, 0) is 61.7 Å². The first-order valence-corrected chi connectivity index (χ1v) is 10.2.